The van der Waals surface area contributed by atoms with E-state index in [1.807, 2.05) is 0 Å². The first-order chi connectivity index (χ1) is 9.09. The van der Waals surface area contributed by atoms with Gasteiger partial charge in [0.15, 0.2) is 0 Å². The molecule has 6 nitrogen and oxygen atoms in total. The molecule has 1 aromatic rings. The van der Waals surface area contributed by atoms with Crippen LogP contribution >= 0.6 is 0 Å². The minimum Gasteiger partial charge on any atom is -0.395 e. The molecular weight excluding hydrogens is 266 g/mol. The van der Waals surface area contributed by atoms with Crippen molar-refractivity contribution in [2.24, 2.45) is 5.73 Å². The van der Waals surface area contributed by atoms with E-state index >= 15 is 0 Å². The van der Waals surface area contributed by atoms with Crippen LogP contribution < -0.4 is 5.73 Å². The van der Waals surface area contributed by atoms with Gasteiger partial charge in [0.1, 0.15) is 4.90 Å². The normalized spacial score (nSPS) is 21.5. The number of pyridine rings is 1. The van der Waals surface area contributed by atoms with E-state index in [1.165, 1.54) is 16.6 Å². The largest absolute Gasteiger partial charge is 0.395 e. The lowest BCUT2D eigenvalue weighted by Crippen LogP contribution is -2.45. The summed E-state index contributed by atoms with van der Waals surface area (Å²) in [5, 5.41) is 9.32. The molecule has 2 rings (SSSR count). The Morgan fingerprint density at radius 2 is 2.21 bits per heavy atom. The lowest BCUT2D eigenvalue weighted by molar-refractivity contribution is 0.155. The topological polar surface area (TPSA) is 96.5 Å². The van der Waals surface area contributed by atoms with E-state index < -0.39 is 10.0 Å². The number of sulfonamides is 1. The number of hydrogen-bond donors (Lipinski definition) is 2. The van der Waals surface area contributed by atoms with Gasteiger partial charge in [-0.25, -0.2) is 8.42 Å². The maximum Gasteiger partial charge on any atom is 0.244 e. The maximum atomic E-state index is 12.5. The van der Waals surface area contributed by atoms with Crippen LogP contribution in [0.15, 0.2) is 23.2 Å². The van der Waals surface area contributed by atoms with E-state index in [9.17, 15) is 13.5 Å². The third kappa shape index (κ3) is 2.94. The molecule has 0 amide bonds. The molecule has 1 atom stereocenters. The molecule has 1 aliphatic rings. The van der Waals surface area contributed by atoms with E-state index in [1.54, 1.807) is 6.07 Å². The van der Waals surface area contributed by atoms with Crippen molar-refractivity contribution >= 4 is 10.0 Å². The molecule has 1 unspecified atom stereocenters. The number of aromatic nitrogens is 1. The number of aliphatic hydroxyl groups is 1. The molecule has 2 heterocycles. The zero-order valence-electron chi connectivity index (χ0n) is 10.7. The maximum absolute atomic E-state index is 12.5. The van der Waals surface area contributed by atoms with Crippen molar-refractivity contribution < 1.29 is 13.5 Å². The van der Waals surface area contributed by atoms with Crippen LogP contribution in [-0.4, -0.2) is 42.0 Å². The highest BCUT2D eigenvalue weighted by Crippen LogP contribution is 2.24. The first-order valence-electron chi connectivity index (χ1n) is 6.37. The molecule has 1 fully saturated rings. The zero-order valence-corrected chi connectivity index (χ0v) is 11.5. The smallest absolute Gasteiger partial charge is 0.244 e. The van der Waals surface area contributed by atoms with Crippen molar-refractivity contribution in [1.29, 1.82) is 0 Å². The van der Waals surface area contributed by atoms with Crippen LogP contribution in [-0.2, 0) is 16.6 Å². The predicted molar refractivity (Wildman–Crippen MR) is 70.7 cm³/mol. The molecule has 1 saturated heterocycles. The highest BCUT2D eigenvalue weighted by atomic mass is 32.2. The first-order valence-corrected chi connectivity index (χ1v) is 7.81. The van der Waals surface area contributed by atoms with Crippen molar-refractivity contribution in [2.75, 3.05) is 13.2 Å². The summed E-state index contributed by atoms with van der Waals surface area (Å²) in [5.41, 5.74) is 6.09. The van der Waals surface area contributed by atoms with Gasteiger partial charge in [0.05, 0.1) is 12.3 Å². The monoisotopic (exact) mass is 285 g/mol. The van der Waals surface area contributed by atoms with Gasteiger partial charge in [0, 0.05) is 25.3 Å². The molecule has 3 N–H and O–H groups in total. The van der Waals surface area contributed by atoms with Crippen LogP contribution in [0, 0.1) is 0 Å². The quantitative estimate of drug-likeness (QED) is 0.816. The second kappa shape index (κ2) is 5.96. The number of hydrogen-bond acceptors (Lipinski definition) is 5. The van der Waals surface area contributed by atoms with Gasteiger partial charge in [0.2, 0.25) is 10.0 Å². The average molecular weight is 285 g/mol. The summed E-state index contributed by atoms with van der Waals surface area (Å²) in [6, 6.07) is 2.81. The first kappa shape index (κ1) is 14.4. The summed E-state index contributed by atoms with van der Waals surface area (Å²) >= 11 is 0. The zero-order chi connectivity index (χ0) is 13.9. The minimum atomic E-state index is -3.58. The summed E-state index contributed by atoms with van der Waals surface area (Å²) in [6.45, 7) is 0.586. The Kier molecular flexibility index (Phi) is 4.51. The molecule has 0 radical (unpaired) electrons. The average Bonchev–Trinajstić information content (AvgIpc) is 2.47. The van der Waals surface area contributed by atoms with E-state index in [0.717, 1.165) is 12.8 Å². The molecule has 19 heavy (non-hydrogen) atoms. The Labute approximate surface area is 113 Å². The standard InChI is InChI=1S/C12H19N3O3S/c13-7-10-4-5-12(8-14-10)19(17,18)15-6-2-1-3-11(15)9-16/h4-5,8,11,16H,1-3,6-7,9,13H2. The Morgan fingerprint density at radius 1 is 1.42 bits per heavy atom. The minimum absolute atomic E-state index is 0.145. The Morgan fingerprint density at radius 3 is 2.79 bits per heavy atom. The van der Waals surface area contributed by atoms with Crippen LogP contribution in [0.5, 0.6) is 0 Å². The number of nitrogens with zero attached hydrogens (tertiary/aromatic N) is 2. The van der Waals surface area contributed by atoms with Gasteiger partial charge in [-0.3, -0.25) is 4.98 Å². The second-order valence-electron chi connectivity index (χ2n) is 4.64. The van der Waals surface area contributed by atoms with Gasteiger partial charge in [-0.1, -0.05) is 6.42 Å². The van der Waals surface area contributed by atoms with Crippen LogP contribution in [0.4, 0.5) is 0 Å². The molecule has 1 aliphatic heterocycles. The van der Waals surface area contributed by atoms with Crippen molar-refractivity contribution in [2.45, 2.75) is 36.7 Å². The Bertz CT molecular complexity index is 516. The summed E-state index contributed by atoms with van der Waals surface area (Å²) in [5.74, 6) is 0. The summed E-state index contributed by atoms with van der Waals surface area (Å²) in [6.07, 6.45) is 3.80. The van der Waals surface area contributed by atoms with Crippen molar-refractivity contribution in [3.8, 4) is 0 Å². The molecule has 106 valence electrons. The Hall–Kier alpha value is -1.02. The predicted octanol–water partition coefficient (Wildman–Crippen LogP) is 0.0758. The second-order valence-corrected chi connectivity index (χ2v) is 6.53. The van der Waals surface area contributed by atoms with Gasteiger partial charge >= 0.3 is 0 Å². The third-order valence-electron chi connectivity index (χ3n) is 3.40. The molecule has 0 spiro atoms. The van der Waals surface area contributed by atoms with Gasteiger partial charge in [-0.2, -0.15) is 4.31 Å². The molecule has 0 aromatic carbocycles. The van der Waals surface area contributed by atoms with Crippen molar-refractivity contribution in [3.05, 3.63) is 24.0 Å². The number of rotatable bonds is 4. The molecule has 0 saturated carbocycles. The van der Waals surface area contributed by atoms with Crippen LogP contribution in [0.3, 0.4) is 0 Å². The van der Waals surface area contributed by atoms with Crippen molar-refractivity contribution in [3.63, 3.8) is 0 Å². The highest BCUT2D eigenvalue weighted by molar-refractivity contribution is 7.89. The van der Waals surface area contributed by atoms with Gasteiger partial charge in [-0.05, 0) is 25.0 Å². The lowest BCUT2D eigenvalue weighted by Gasteiger charge is -2.33. The molecule has 1 aromatic heterocycles. The summed E-state index contributed by atoms with van der Waals surface area (Å²) in [7, 11) is -3.58. The lowest BCUT2D eigenvalue weighted by atomic mass is 10.1. The summed E-state index contributed by atoms with van der Waals surface area (Å²) in [4.78, 5) is 4.17. The molecule has 0 bridgehead atoms. The summed E-state index contributed by atoms with van der Waals surface area (Å²) < 4.78 is 26.4. The van der Waals surface area contributed by atoms with Gasteiger partial charge < -0.3 is 10.8 Å². The van der Waals surface area contributed by atoms with Crippen molar-refractivity contribution in [1.82, 2.24) is 9.29 Å². The highest BCUT2D eigenvalue weighted by Gasteiger charge is 2.33. The molecular formula is C12H19N3O3S. The number of aliphatic hydroxyl groups excluding tert-OH is 1. The van der Waals surface area contributed by atoms with Crippen LogP contribution in [0.1, 0.15) is 25.0 Å². The van der Waals surface area contributed by atoms with E-state index in [2.05, 4.69) is 4.98 Å². The van der Waals surface area contributed by atoms with Crippen LogP contribution in [0.25, 0.3) is 0 Å². The SMILES string of the molecule is NCc1ccc(S(=O)(=O)N2CCCCC2CO)cn1. The van der Waals surface area contributed by atoms with E-state index in [4.69, 9.17) is 5.73 Å². The van der Waals surface area contributed by atoms with E-state index in [0.29, 0.717) is 18.7 Å². The van der Waals surface area contributed by atoms with Crippen LogP contribution in [0.2, 0.25) is 0 Å². The fourth-order valence-corrected chi connectivity index (χ4v) is 3.92. The Balaban J connectivity index is 2.29. The van der Waals surface area contributed by atoms with E-state index in [-0.39, 0.29) is 24.1 Å². The fraction of sp³-hybridized carbons (Fsp3) is 0.583. The molecule has 0 aliphatic carbocycles. The van der Waals surface area contributed by atoms with Gasteiger partial charge in [-0.15, -0.1) is 0 Å². The van der Waals surface area contributed by atoms with Gasteiger partial charge in [0.25, 0.3) is 0 Å². The number of nitrogens with two attached hydrogens (primary N) is 1. The fourth-order valence-electron chi connectivity index (χ4n) is 2.29. The number of piperidine rings is 1. The third-order valence-corrected chi connectivity index (χ3v) is 5.33. The molecule has 7 heteroatoms.